The maximum Gasteiger partial charge on any atom is 0.0406 e. The van der Waals surface area contributed by atoms with Crippen LogP contribution in [0.4, 0.5) is 0 Å². The van der Waals surface area contributed by atoms with Gasteiger partial charge in [0.25, 0.3) is 0 Å². The Kier molecular flexibility index (Phi) is 3.37. The van der Waals surface area contributed by atoms with Gasteiger partial charge in [0.2, 0.25) is 0 Å². The van der Waals surface area contributed by atoms with Gasteiger partial charge < -0.3 is 0 Å². The average molecular weight is 203 g/mol. The zero-order valence-corrected chi connectivity index (χ0v) is 8.20. The molecule has 1 aromatic carbocycles. The predicted molar refractivity (Wildman–Crippen MR) is 57.4 cm³/mol. The summed E-state index contributed by atoms with van der Waals surface area (Å²) in [5.41, 5.74) is 1.02. The van der Waals surface area contributed by atoms with Gasteiger partial charge in [-0.05, 0) is 23.1 Å². The Hall–Kier alpha value is -0.0500. The van der Waals surface area contributed by atoms with E-state index in [-0.39, 0.29) is 0 Å². The number of benzene rings is 1. The van der Waals surface area contributed by atoms with Crippen LogP contribution in [0.5, 0.6) is 0 Å². The summed E-state index contributed by atoms with van der Waals surface area (Å²) >= 11 is 13.9. The zero-order chi connectivity index (χ0) is 8.27. The van der Waals surface area contributed by atoms with E-state index in [0.717, 1.165) is 15.5 Å². The van der Waals surface area contributed by atoms with E-state index in [0.29, 0.717) is 0 Å². The minimum atomic E-state index is 0.731. The highest BCUT2D eigenvalue weighted by Gasteiger charge is 1.93. The third-order valence-electron chi connectivity index (χ3n) is 1.26. The van der Waals surface area contributed by atoms with Crippen LogP contribution < -0.4 is 0 Å². The van der Waals surface area contributed by atoms with Crippen molar-refractivity contribution in [2.45, 2.75) is 0 Å². The van der Waals surface area contributed by atoms with Crippen LogP contribution in [0.15, 0.2) is 29.7 Å². The monoisotopic (exact) mass is 202 g/mol. The van der Waals surface area contributed by atoms with Gasteiger partial charge in [0.15, 0.2) is 0 Å². The topological polar surface area (TPSA) is 0 Å². The minimum Gasteiger partial charge on any atom is -0.150 e. The molecule has 0 nitrogen and oxygen atoms in total. The summed E-state index contributed by atoms with van der Waals surface area (Å²) in [6.07, 6.45) is 0. The molecule has 0 radical (unpaired) electrons. The van der Waals surface area contributed by atoms with Crippen molar-refractivity contribution >= 4 is 41.8 Å². The first-order valence-corrected chi connectivity index (χ1v) is 4.37. The fourth-order valence-electron chi connectivity index (χ4n) is 0.695. The molecule has 3 heteroatoms. The molecule has 0 saturated carbocycles. The lowest BCUT2D eigenvalue weighted by atomic mass is 10.2. The van der Waals surface area contributed by atoms with Gasteiger partial charge in [0.1, 0.15) is 0 Å². The first-order chi connectivity index (χ1) is 5.24. The quantitative estimate of drug-likeness (QED) is 0.640. The zero-order valence-electron chi connectivity index (χ0n) is 5.66. The summed E-state index contributed by atoms with van der Waals surface area (Å²) in [5, 5.41) is 2.38. The maximum absolute atomic E-state index is 5.70. The van der Waals surface area contributed by atoms with E-state index in [2.05, 4.69) is 25.3 Å². The highest BCUT2D eigenvalue weighted by Crippen LogP contribution is 2.20. The Morgan fingerprint density at radius 3 is 2.27 bits per heavy atom. The molecule has 0 bridgehead atoms. The van der Waals surface area contributed by atoms with Gasteiger partial charge in [0, 0.05) is 9.93 Å². The van der Waals surface area contributed by atoms with Crippen LogP contribution in [0.1, 0.15) is 5.56 Å². The molecule has 0 spiro atoms. The lowest BCUT2D eigenvalue weighted by molar-refractivity contribution is 1.66. The first-order valence-electron chi connectivity index (χ1n) is 3.03. The Balaban J connectivity index is 2.99. The second-order valence-corrected chi connectivity index (χ2v) is 3.20. The Morgan fingerprint density at radius 2 is 1.82 bits per heavy atom. The molecule has 0 unspecified atom stereocenters. The van der Waals surface area contributed by atoms with Crippen molar-refractivity contribution in [3.05, 3.63) is 40.3 Å². The predicted octanol–water partition coefficient (Wildman–Crippen LogP) is 3.50. The molecule has 0 saturated heterocycles. The Bertz CT molecular complexity index is 264. The standard InChI is InChI=1S/C8H7ClS2/c9-7-3-1-6(2-4-7)8(11)5-10/h1-5,10-11H/b8-5-. The largest absolute Gasteiger partial charge is 0.150 e. The van der Waals surface area contributed by atoms with Gasteiger partial charge in [-0.1, -0.05) is 23.7 Å². The van der Waals surface area contributed by atoms with E-state index >= 15 is 0 Å². The van der Waals surface area contributed by atoms with Crippen LogP contribution >= 0.6 is 36.9 Å². The summed E-state index contributed by atoms with van der Waals surface area (Å²) < 4.78 is 0. The normalized spacial score (nSPS) is 11.7. The summed E-state index contributed by atoms with van der Waals surface area (Å²) in [4.78, 5) is 0.838. The van der Waals surface area contributed by atoms with Crippen LogP contribution in [0.2, 0.25) is 5.02 Å². The van der Waals surface area contributed by atoms with E-state index in [4.69, 9.17) is 11.6 Å². The van der Waals surface area contributed by atoms with Gasteiger partial charge in [-0.3, -0.25) is 0 Å². The molecule has 1 rings (SSSR count). The highest BCUT2D eigenvalue weighted by molar-refractivity contribution is 7.92. The lowest BCUT2D eigenvalue weighted by Crippen LogP contribution is -1.73. The van der Waals surface area contributed by atoms with Crippen molar-refractivity contribution in [2.24, 2.45) is 0 Å². The lowest BCUT2D eigenvalue weighted by Gasteiger charge is -1.97. The van der Waals surface area contributed by atoms with E-state index < -0.39 is 0 Å². The summed E-state index contributed by atoms with van der Waals surface area (Å²) in [6, 6.07) is 7.45. The number of thiol groups is 2. The summed E-state index contributed by atoms with van der Waals surface area (Å²) in [7, 11) is 0. The molecule has 0 N–H and O–H groups in total. The van der Waals surface area contributed by atoms with Crippen molar-refractivity contribution in [1.29, 1.82) is 0 Å². The fourth-order valence-corrected chi connectivity index (χ4v) is 1.12. The molecule has 0 amide bonds. The number of halogens is 1. The molecule has 58 valence electrons. The van der Waals surface area contributed by atoms with E-state index in [1.54, 1.807) is 5.41 Å². The van der Waals surface area contributed by atoms with Gasteiger partial charge >= 0.3 is 0 Å². The van der Waals surface area contributed by atoms with Crippen molar-refractivity contribution in [3.8, 4) is 0 Å². The third kappa shape index (κ3) is 2.47. The summed E-state index contributed by atoms with van der Waals surface area (Å²) in [6.45, 7) is 0. The van der Waals surface area contributed by atoms with Crippen LogP contribution in [-0.4, -0.2) is 0 Å². The molecular weight excluding hydrogens is 196 g/mol. The SMILES string of the molecule is S/C=C(\S)c1ccc(Cl)cc1. The van der Waals surface area contributed by atoms with Gasteiger partial charge in [-0.15, -0.1) is 12.6 Å². The number of rotatable bonds is 1. The molecule has 0 aliphatic carbocycles. The molecular formula is C8H7ClS2. The molecule has 0 atom stereocenters. The molecule has 0 fully saturated rings. The molecule has 0 aliphatic rings. The highest BCUT2D eigenvalue weighted by atomic mass is 35.5. The van der Waals surface area contributed by atoms with Crippen molar-refractivity contribution in [2.75, 3.05) is 0 Å². The van der Waals surface area contributed by atoms with Crippen molar-refractivity contribution in [3.63, 3.8) is 0 Å². The van der Waals surface area contributed by atoms with Crippen LogP contribution in [-0.2, 0) is 0 Å². The average Bonchev–Trinajstić information content (AvgIpc) is 2.05. The van der Waals surface area contributed by atoms with E-state index in [9.17, 15) is 0 Å². The summed E-state index contributed by atoms with van der Waals surface area (Å²) in [5.74, 6) is 0. The fraction of sp³-hybridized carbons (Fsp3) is 0. The van der Waals surface area contributed by atoms with Crippen LogP contribution in [0.25, 0.3) is 4.91 Å². The number of hydrogen-bond acceptors (Lipinski definition) is 2. The van der Waals surface area contributed by atoms with E-state index in [1.165, 1.54) is 0 Å². The maximum atomic E-state index is 5.70. The molecule has 0 heterocycles. The second-order valence-electron chi connectivity index (χ2n) is 2.02. The van der Waals surface area contributed by atoms with Gasteiger partial charge in [-0.25, -0.2) is 0 Å². The van der Waals surface area contributed by atoms with Gasteiger partial charge in [0.05, 0.1) is 0 Å². The molecule has 1 aromatic rings. The Labute approximate surface area is 82.1 Å². The third-order valence-corrected chi connectivity index (χ3v) is 2.36. The molecule has 0 aromatic heterocycles. The first kappa shape index (κ1) is 9.04. The van der Waals surface area contributed by atoms with E-state index in [1.807, 2.05) is 24.3 Å². The van der Waals surface area contributed by atoms with Crippen LogP contribution in [0, 0.1) is 0 Å². The van der Waals surface area contributed by atoms with Gasteiger partial charge in [-0.2, -0.15) is 12.6 Å². The molecule has 0 aliphatic heterocycles. The Morgan fingerprint density at radius 1 is 1.27 bits per heavy atom. The van der Waals surface area contributed by atoms with Crippen molar-refractivity contribution in [1.82, 2.24) is 0 Å². The van der Waals surface area contributed by atoms with Crippen molar-refractivity contribution < 1.29 is 0 Å². The number of hydrogen-bond donors (Lipinski definition) is 2. The molecule has 11 heavy (non-hydrogen) atoms. The smallest absolute Gasteiger partial charge is 0.0406 e. The minimum absolute atomic E-state index is 0.731. The second kappa shape index (κ2) is 4.10. The van der Waals surface area contributed by atoms with Crippen LogP contribution in [0.3, 0.4) is 0 Å².